The molecule has 0 bridgehead atoms. The van der Waals surface area contributed by atoms with E-state index in [-0.39, 0.29) is 35.4 Å². The van der Waals surface area contributed by atoms with Crippen molar-refractivity contribution in [2.75, 3.05) is 20.7 Å². The van der Waals surface area contributed by atoms with Crippen molar-refractivity contribution in [1.29, 1.82) is 0 Å². The van der Waals surface area contributed by atoms with Gasteiger partial charge >= 0.3 is 6.61 Å². The van der Waals surface area contributed by atoms with E-state index in [0.29, 0.717) is 42.9 Å². The molecule has 0 atom stereocenters. The summed E-state index contributed by atoms with van der Waals surface area (Å²) in [6, 6.07) is 7.92. The molecule has 3 aromatic rings. The van der Waals surface area contributed by atoms with Gasteiger partial charge in [-0.2, -0.15) is 8.78 Å². The molecule has 0 saturated heterocycles. The molecule has 0 unspecified atom stereocenters. The zero-order valence-corrected chi connectivity index (χ0v) is 23.4. The van der Waals surface area contributed by atoms with Gasteiger partial charge in [0.1, 0.15) is 23.1 Å². The topological polar surface area (TPSA) is 129 Å². The summed E-state index contributed by atoms with van der Waals surface area (Å²) in [7, 11) is 3.27. The predicted molar refractivity (Wildman–Crippen MR) is 146 cm³/mol. The fraction of sp³-hybridized carbons (Fsp3) is 0.393. The molecule has 41 heavy (non-hydrogen) atoms. The van der Waals surface area contributed by atoms with E-state index in [0.717, 1.165) is 18.9 Å². The third-order valence-electron chi connectivity index (χ3n) is 5.10. The van der Waals surface area contributed by atoms with E-state index in [1.807, 2.05) is 13.8 Å². The highest BCUT2D eigenvalue weighted by atomic mass is 19.3. The minimum Gasteiger partial charge on any atom is -0.489 e. The molecular weight excluding hydrogens is 548 g/mol. The Morgan fingerprint density at radius 3 is 2.27 bits per heavy atom. The molecule has 0 aliphatic heterocycles. The Hall–Kier alpha value is -3.97. The number of oxazole rings is 1. The second-order valence-corrected chi connectivity index (χ2v) is 8.12. The number of aldehydes is 1. The average molecular weight is 585 g/mol. The minimum absolute atomic E-state index is 0.0265. The van der Waals surface area contributed by atoms with Crippen molar-refractivity contribution in [3.63, 3.8) is 0 Å². The van der Waals surface area contributed by atoms with Crippen LogP contribution in [0.1, 0.15) is 48.5 Å². The lowest BCUT2D eigenvalue weighted by Gasteiger charge is -2.12. The molecule has 1 amide bonds. The first-order chi connectivity index (χ1) is 19.8. The van der Waals surface area contributed by atoms with E-state index in [2.05, 4.69) is 20.4 Å². The summed E-state index contributed by atoms with van der Waals surface area (Å²) in [5, 5.41) is 5.03. The first-order valence-corrected chi connectivity index (χ1v) is 12.8. The number of nitrogens with zero attached hydrogens (tertiary/aromatic N) is 1. The van der Waals surface area contributed by atoms with Crippen LogP contribution in [0.25, 0.3) is 11.5 Å². The van der Waals surface area contributed by atoms with E-state index in [4.69, 9.17) is 19.7 Å². The second-order valence-electron chi connectivity index (χ2n) is 8.12. The van der Waals surface area contributed by atoms with Crippen LogP contribution >= 0.6 is 0 Å². The van der Waals surface area contributed by atoms with Gasteiger partial charge < -0.3 is 30.3 Å². The number of hydrogen-bond acceptors (Lipinski definition) is 8. The SMILES string of the molecule is CC.CNC=O.CNCc1ccc(F)cc1F.NCc1oc(-c2ccc(OC(F)F)c(OCC3CC3)c2)nc1C=O. The molecule has 4 N–H and O–H groups in total. The maximum atomic E-state index is 12.8. The molecule has 0 radical (unpaired) electrons. The predicted octanol–water partition coefficient (Wildman–Crippen LogP) is 5.08. The van der Waals surface area contributed by atoms with Crippen LogP contribution in [0, 0.1) is 17.6 Å². The van der Waals surface area contributed by atoms with Gasteiger partial charge in [-0.05, 0) is 50.1 Å². The van der Waals surface area contributed by atoms with Gasteiger partial charge in [-0.25, -0.2) is 13.8 Å². The lowest BCUT2D eigenvalue weighted by atomic mass is 10.2. The summed E-state index contributed by atoms with van der Waals surface area (Å²) >= 11 is 0. The standard InChI is InChI=1S/C16H16F2N2O4.C8H9F2N.C2H5NO.C2H6/c17-16(18)24-12-4-3-10(5-13(12)22-8-9-1-2-9)15-20-11(7-21)14(6-19)23-15;1-11-5-6-2-3-7(9)4-8(6)10;1-3-2-4;1-2/h3-5,7,9,16H,1-2,6,8,19H2;2-4,11H,5H2,1H3;2H,1H3,(H,3,4);1-2H3. The molecule has 4 rings (SSSR count). The number of alkyl halides is 2. The summed E-state index contributed by atoms with van der Waals surface area (Å²) in [5.74, 6) is -0.0525. The summed E-state index contributed by atoms with van der Waals surface area (Å²) in [6.45, 7) is 1.93. The first kappa shape index (κ1) is 35.1. The van der Waals surface area contributed by atoms with Crippen LogP contribution < -0.4 is 25.8 Å². The molecule has 1 saturated carbocycles. The van der Waals surface area contributed by atoms with Gasteiger partial charge in [0.05, 0.1) is 13.2 Å². The fourth-order valence-corrected chi connectivity index (χ4v) is 3.02. The van der Waals surface area contributed by atoms with Crippen LogP contribution in [-0.4, -0.2) is 45.0 Å². The van der Waals surface area contributed by atoms with Crippen LogP contribution in [0.5, 0.6) is 11.5 Å². The number of rotatable bonds is 11. The zero-order chi connectivity index (χ0) is 30.8. The number of ether oxygens (including phenoxy) is 2. The van der Waals surface area contributed by atoms with E-state index in [1.165, 1.54) is 30.3 Å². The summed E-state index contributed by atoms with van der Waals surface area (Å²) in [4.78, 5) is 24.1. The number of nitrogens with two attached hydrogens (primary N) is 1. The number of carbonyl (C=O) groups excluding carboxylic acids is 2. The van der Waals surface area contributed by atoms with Gasteiger partial charge in [0.25, 0.3) is 0 Å². The van der Waals surface area contributed by atoms with E-state index in [9.17, 15) is 22.4 Å². The highest BCUT2D eigenvalue weighted by Crippen LogP contribution is 2.36. The van der Waals surface area contributed by atoms with Crippen molar-refractivity contribution in [2.24, 2.45) is 11.7 Å². The zero-order valence-electron chi connectivity index (χ0n) is 23.4. The van der Waals surface area contributed by atoms with Crippen molar-refractivity contribution in [3.05, 3.63) is 65.1 Å². The van der Waals surface area contributed by atoms with E-state index in [1.54, 1.807) is 14.1 Å². The molecule has 0 spiro atoms. The number of hydrogen-bond donors (Lipinski definition) is 3. The Balaban J connectivity index is 0.000000411. The third kappa shape index (κ3) is 12.4. The first-order valence-electron chi connectivity index (χ1n) is 12.8. The lowest BCUT2D eigenvalue weighted by molar-refractivity contribution is -0.109. The molecule has 226 valence electrons. The smallest absolute Gasteiger partial charge is 0.387 e. The maximum Gasteiger partial charge on any atom is 0.387 e. The molecule has 13 heteroatoms. The van der Waals surface area contributed by atoms with Crippen molar-refractivity contribution in [3.8, 4) is 23.0 Å². The van der Waals surface area contributed by atoms with Crippen molar-refractivity contribution in [2.45, 2.75) is 46.4 Å². The van der Waals surface area contributed by atoms with Crippen LogP contribution in [0.15, 0.2) is 40.8 Å². The maximum absolute atomic E-state index is 12.8. The van der Waals surface area contributed by atoms with Gasteiger partial charge in [-0.1, -0.05) is 19.9 Å². The van der Waals surface area contributed by atoms with E-state index >= 15 is 0 Å². The number of nitrogens with one attached hydrogen (secondary N) is 2. The highest BCUT2D eigenvalue weighted by molar-refractivity contribution is 5.75. The number of amides is 1. The normalized spacial score (nSPS) is 11.6. The Labute approximate surface area is 236 Å². The van der Waals surface area contributed by atoms with Crippen LogP contribution in [0.2, 0.25) is 0 Å². The summed E-state index contributed by atoms with van der Waals surface area (Å²) in [5.41, 5.74) is 6.56. The highest BCUT2D eigenvalue weighted by Gasteiger charge is 2.23. The van der Waals surface area contributed by atoms with Gasteiger partial charge in [-0.15, -0.1) is 0 Å². The number of benzene rings is 2. The molecule has 2 aromatic carbocycles. The van der Waals surface area contributed by atoms with Crippen LogP contribution in [0.3, 0.4) is 0 Å². The Bertz CT molecular complexity index is 1210. The molecule has 1 aliphatic carbocycles. The summed E-state index contributed by atoms with van der Waals surface area (Å²) in [6.07, 6.45) is 3.30. The molecule has 1 aromatic heterocycles. The summed E-state index contributed by atoms with van der Waals surface area (Å²) < 4.78 is 65.6. The van der Waals surface area contributed by atoms with Gasteiger partial charge in [-0.3, -0.25) is 9.59 Å². The van der Waals surface area contributed by atoms with Crippen LogP contribution in [0.4, 0.5) is 17.6 Å². The van der Waals surface area contributed by atoms with E-state index < -0.39 is 18.2 Å². The lowest BCUT2D eigenvalue weighted by Crippen LogP contribution is -2.06. The quantitative estimate of drug-likeness (QED) is 0.210. The number of halogens is 4. The second kappa shape index (κ2) is 19.2. The monoisotopic (exact) mass is 584 g/mol. The van der Waals surface area contributed by atoms with Crippen molar-refractivity contribution in [1.82, 2.24) is 15.6 Å². The molecular formula is C28H36F4N4O5. The molecule has 9 nitrogen and oxygen atoms in total. The van der Waals surface area contributed by atoms with Crippen molar-refractivity contribution < 1.29 is 41.0 Å². The Morgan fingerprint density at radius 1 is 1.10 bits per heavy atom. The number of aromatic nitrogens is 1. The minimum atomic E-state index is -2.95. The Kier molecular flexibility index (Phi) is 16.4. The molecule has 1 fully saturated rings. The largest absolute Gasteiger partial charge is 0.489 e. The van der Waals surface area contributed by atoms with Crippen LogP contribution in [-0.2, 0) is 17.9 Å². The fourth-order valence-electron chi connectivity index (χ4n) is 3.02. The molecule has 1 aliphatic rings. The Morgan fingerprint density at radius 2 is 1.78 bits per heavy atom. The molecule has 1 heterocycles. The van der Waals surface area contributed by atoms with Gasteiger partial charge in [0, 0.05) is 30.8 Å². The average Bonchev–Trinajstić information content (AvgIpc) is 3.71. The van der Waals surface area contributed by atoms with Gasteiger partial charge in [0.15, 0.2) is 17.8 Å². The van der Waals surface area contributed by atoms with Gasteiger partial charge in [0.2, 0.25) is 12.3 Å². The number of carbonyl (C=O) groups is 2. The van der Waals surface area contributed by atoms with Crippen molar-refractivity contribution >= 4 is 12.7 Å². The third-order valence-corrected chi connectivity index (χ3v) is 5.10.